The van der Waals surface area contributed by atoms with Crippen LogP contribution in [0.4, 0.5) is 4.79 Å². The summed E-state index contributed by atoms with van der Waals surface area (Å²) in [5.41, 5.74) is 6.22. The first-order valence-corrected chi connectivity index (χ1v) is 7.29. The van der Waals surface area contributed by atoms with Gasteiger partial charge in [0.2, 0.25) is 0 Å². The van der Waals surface area contributed by atoms with Crippen molar-refractivity contribution in [2.45, 2.75) is 19.4 Å². The first kappa shape index (κ1) is 15.1. The predicted molar refractivity (Wildman–Crippen MR) is 83.1 cm³/mol. The maximum absolute atomic E-state index is 10.8. The van der Waals surface area contributed by atoms with Crippen LogP contribution in [0.1, 0.15) is 22.2 Å². The van der Waals surface area contributed by atoms with Crippen molar-refractivity contribution in [3.63, 3.8) is 0 Å². The van der Waals surface area contributed by atoms with E-state index in [0.29, 0.717) is 5.06 Å². The summed E-state index contributed by atoms with van der Waals surface area (Å²) in [5, 5.41) is 9.75. The van der Waals surface area contributed by atoms with E-state index in [0.717, 1.165) is 11.3 Å². The second-order valence-electron chi connectivity index (χ2n) is 4.56. The molecule has 1 aromatic carbocycles. The zero-order chi connectivity index (χ0) is 15.2. The van der Waals surface area contributed by atoms with Crippen LogP contribution in [0.2, 0.25) is 0 Å². The number of amides is 2. The molecule has 0 aliphatic heterocycles. The number of rotatable bonds is 3. The summed E-state index contributed by atoms with van der Waals surface area (Å²) in [5.74, 6) is 5.74. The third-order valence-electron chi connectivity index (χ3n) is 2.88. The molecule has 21 heavy (non-hydrogen) atoms. The molecule has 0 aliphatic carbocycles. The average molecular weight is 300 g/mol. The highest BCUT2D eigenvalue weighted by Crippen LogP contribution is 2.19. The molecule has 2 amide bonds. The Labute approximate surface area is 127 Å². The normalized spacial score (nSPS) is 11.3. The lowest BCUT2D eigenvalue weighted by Crippen LogP contribution is -2.38. The molecule has 0 saturated carbocycles. The van der Waals surface area contributed by atoms with E-state index < -0.39 is 12.1 Å². The van der Waals surface area contributed by atoms with Gasteiger partial charge in [0, 0.05) is 11.3 Å². The van der Waals surface area contributed by atoms with Gasteiger partial charge in [-0.05, 0) is 24.6 Å². The molecule has 4 nitrogen and oxygen atoms in total. The molecule has 1 unspecified atom stereocenters. The van der Waals surface area contributed by atoms with E-state index >= 15 is 0 Å². The number of urea groups is 1. The maximum atomic E-state index is 10.8. The number of benzene rings is 1. The van der Waals surface area contributed by atoms with Crippen molar-refractivity contribution in [3.8, 4) is 11.8 Å². The number of hydrogen-bond acceptors (Lipinski definition) is 3. The van der Waals surface area contributed by atoms with Crippen molar-refractivity contribution < 1.29 is 10.0 Å². The molecule has 0 spiro atoms. The molecule has 2 rings (SSSR count). The Hall–Kier alpha value is -2.29. The van der Waals surface area contributed by atoms with Crippen LogP contribution in [0.25, 0.3) is 0 Å². The lowest BCUT2D eigenvalue weighted by atomic mass is 10.1. The number of nitrogens with two attached hydrogens (primary N) is 1. The van der Waals surface area contributed by atoms with Crippen LogP contribution in [0.3, 0.4) is 0 Å². The fourth-order valence-electron chi connectivity index (χ4n) is 1.76. The van der Waals surface area contributed by atoms with Crippen LogP contribution in [0, 0.1) is 11.8 Å². The molecule has 108 valence electrons. The second-order valence-corrected chi connectivity index (χ2v) is 5.72. The molecule has 0 bridgehead atoms. The van der Waals surface area contributed by atoms with E-state index in [-0.39, 0.29) is 0 Å². The molecule has 0 radical (unpaired) electrons. The molecule has 1 atom stereocenters. The highest BCUT2D eigenvalue weighted by molar-refractivity contribution is 7.12. The molecular formula is C16H16N2O2S. The van der Waals surface area contributed by atoms with Crippen molar-refractivity contribution in [1.29, 1.82) is 0 Å². The molecule has 0 aliphatic rings. The average Bonchev–Trinajstić information content (AvgIpc) is 2.92. The van der Waals surface area contributed by atoms with E-state index in [1.165, 1.54) is 10.4 Å². The fourth-order valence-corrected chi connectivity index (χ4v) is 2.67. The monoisotopic (exact) mass is 300 g/mol. The highest BCUT2D eigenvalue weighted by atomic mass is 32.1. The molecule has 1 heterocycles. The zero-order valence-electron chi connectivity index (χ0n) is 11.6. The smallest absolute Gasteiger partial charge is 0.339 e. The van der Waals surface area contributed by atoms with Crippen molar-refractivity contribution in [3.05, 3.63) is 57.8 Å². The van der Waals surface area contributed by atoms with Gasteiger partial charge in [0.25, 0.3) is 0 Å². The molecule has 0 saturated heterocycles. The van der Waals surface area contributed by atoms with E-state index in [2.05, 4.69) is 24.0 Å². The summed E-state index contributed by atoms with van der Waals surface area (Å²) in [6, 6.07) is 12.6. The number of carbonyl (C=O) groups is 1. The summed E-state index contributed by atoms with van der Waals surface area (Å²) in [7, 11) is 0. The summed E-state index contributed by atoms with van der Waals surface area (Å²) in [6.45, 7) is 1.61. The van der Waals surface area contributed by atoms with Gasteiger partial charge in [0.15, 0.2) is 0 Å². The summed E-state index contributed by atoms with van der Waals surface area (Å²) >= 11 is 1.60. The molecule has 2 aromatic rings. The van der Waals surface area contributed by atoms with E-state index in [1.807, 2.05) is 30.3 Å². The van der Waals surface area contributed by atoms with Gasteiger partial charge in [0.05, 0.1) is 4.88 Å². The molecular weight excluding hydrogens is 284 g/mol. The summed E-state index contributed by atoms with van der Waals surface area (Å²) < 4.78 is 0. The van der Waals surface area contributed by atoms with Gasteiger partial charge in [-0.15, -0.1) is 11.3 Å². The minimum absolute atomic E-state index is 0.422. The van der Waals surface area contributed by atoms with Gasteiger partial charge in [0.1, 0.15) is 6.04 Å². The van der Waals surface area contributed by atoms with Crippen LogP contribution in [-0.2, 0) is 6.42 Å². The fraction of sp³-hybridized carbons (Fsp3) is 0.188. The number of primary amides is 1. The van der Waals surface area contributed by atoms with Crippen molar-refractivity contribution in [1.82, 2.24) is 5.06 Å². The summed E-state index contributed by atoms with van der Waals surface area (Å²) in [4.78, 5) is 12.9. The van der Waals surface area contributed by atoms with Crippen molar-refractivity contribution >= 4 is 17.4 Å². The Balaban J connectivity index is 2.02. The van der Waals surface area contributed by atoms with E-state index in [9.17, 15) is 10.0 Å². The van der Waals surface area contributed by atoms with E-state index in [4.69, 9.17) is 5.73 Å². The molecule has 5 heteroatoms. The van der Waals surface area contributed by atoms with Gasteiger partial charge < -0.3 is 5.73 Å². The Morgan fingerprint density at radius 1 is 1.33 bits per heavy atom. The molecule has 3 N–H and O–H groups in total. The lowest BCUT2D eigenvalue weighted by molar-refractivity contribution is -0.0536. The second kappa shape index (κ2) is 6.93. The van der Waals surface area contributed by atoms with Gasteiger partial charge in [-0.1, -0.05) is 42.2 Å². The van der Waals surface area contributed by atoms with Crippen molar-refractivity contribution in [2.24, 2.45) is 5.73 Å². The highest BCUT2D eigenvalue weighted by Gasteiger charge is 2.11. The topological polar surface area (TPSA) is 66.6 Å². The first-order chi connectivity index (χ1) is 10.1. The minimum Gasteiger partial charge on any atom is -0.350 e. The molecule has 0 fully saturated rings. The number of nitrogens with zero attached hydrogens (tertiary/aromatic N) is 1. The Bertz CT molecular complexity index is 670. The van der Waals surface area contributed by atoms with Crippen LogP contribution >= 0.6 is 11.3 Å². The van der Waals surface area contributed by atoms with E-state index in [1.54, 1.807) is 18.3 Å². The number of carbonyl (C=O) groups excluding carboxylic acids is 1. The third kappa shape index (κ3) is 4.35. The van der Waals surface area contributed by atoms with Gasteiger partial charge in [-0.2, -0.15) is 5.06 Å². The minimum atomic E-state index is -0.909. The molecule has 1 aromatic heterocycles. The maximum Gasteiger partial charge on any atom is 0.339 e. The first-order valence-electron chi connectivity index (χ1n) is 6.48. The SMILES string of the molecule is CC(C#Cc1ccc(Cc2ccccc2)s1)N(O)C(N)=O. The van der Waals surface area contributed by atoms with Gasteiger partial charge in [-0.25, -0.2) is 4.79 Å². The van der Waals surface area contributed by atoms with Crippen LogP contribution in [0.5, 0.6) is 0 Å². The van der Waals surface area contributed by atoms with Crippen molar-refractivity contribution in [2.75, 3.05) is 0 Å². The lowest BCUT2D eigenvalue weighted by Gasteiger charge is -2.14. The van der Waals surface area contributed by atoms with Gasteiger partial charge in [-0.3, -0.25) is 5.21 Å². The standard InChI is InChI=1S/C16H16N2O2S/c1-12(18(20)16(17)19)7-8-14-9-10-15(21-14)11-13-5-3-2-4-6-13/h2-6,9-10,12,20H,11H2,1H3,(H2,17,19). The third-order valence-corrected chi connectivity index (χ3v) is 3.88. The van der Waals surface area contributed by atoms with Crippen LogP contribution < -0.4 is 5.73 Å². The van der Waals surface area contributed by atoms with Gasteiger partial charge >= 0.3 is 6.03 Å². The van der Waals surface area contributed by atoms with Crippen LogP contribution in [-0.4, -0.2) is 22.3 Å². The zero-order valence-corrected chi connectivity index (χ0v) is 12.4. The Morgan fingerprint density at radius 3 is 2.71 bits per heavy atom. The number of hydroxylamine groups is 2. The Kier molecular flexibility index (Phi) is 4.99. The van der Waals surface area contributed by atoms with Crippen LogP contribution in [0.15, 0.2) is 42.5 Å². The number of thiophene rings is 1. The predicted octanol–water partition coefficient (Wildman–Crippen LogP) is 2.85. The Morgan fingerprint density at radius 2 is 2.05 bits per heavy atom. The largest absolute Gasteiger partial charge is 0.350 e. The summed E-state index contributed by atoms with van der Waals surface area (Å²) in [6.07, 6.45) is 0.871. The quantitative estimate of drug-likeness (QED) is 0.520. The number of hydrogen-bond donors (Lipinski definition) is 2.